The number of aliphatic hydroxyl groups excluding tert-OH is 1. The van der Waals surface area contributed by atoms with Gasteiger partial charge in [0.15, 0.2) is 0 Å². The van der Waals surface area contributed by atoms with Crippen LogP contribution >= 0.6 is 11.8 Å². The van der Waals surface area contributed by atoms with E-state index >= 15 is 0 Å². The number of hydrogen-bond acceptors (Lipinski definition) is 4. The highest BCUT2D eigenvalue weighted by Gasteiger charge is 2.25. The normalized spacial score (nSPS) is 21.1. The van der Waals surface area contributed by atoms with Crippen molar-refractivity contribution in [3.63, 3.8) is 0 Å². The average Bonchev–Trinajstić information content (AvgIpc) is 2.71. The first-order valence-electron chi connectivity index (χ1n) is 5.00. The Morgan fingerprint density at radius 1 is 1.71 bits per heavy atom. The van der Waals surface area contributed by atoms with Crippen molar-refractivity contribution in [2.45, 2.75) is 19.4 Å². The van der Waals surface area contributed by atoms with Gasteiger partial charge in [-0.05, 0) is 13.3 Å². The minimum atomic E-state index is -0.0151. The number of thioether (sulfide) groups is 1. The van der Waals surface area contributed by atoms with Gasteiger partial charge >= 0.3 is 0 Å². The quantitative estimate of drug-likeness (QED) is 0.675. The van der Waals surface area contributed by atoms with Gasteiger partial charge < -0.3 is 10.0 Å². The third-order valence-corrected chi connectivity index (χ3v) is 3.23. The lowest BCUT2D eigenvalue weighted by Gasteiger charge is -2.23. The van der Waals surface area contributed by atoms with Crippen LogP contribution < -0.4 is 5.32 Å². The van der Waals surface area contributed by atoms with Crippen LogP contribution in [0.15, 0.2) is 0 Å². The molecule has 0 saturated carbocycles. The van der Waals surface area contributed by atoms with E-state index in [0.29, 0.717) is 13.0 Å². The molecule has 0 aromatic carbocycles. The van der Waals surface area contributed by atoms with Crippen molar-refractivity contribution in [1.82, 2.24) is 10.2 Å². The van der Waals surface area contributed by atoms with Crippen molar-refractivity contribution < 1.29 is 9.90 Å². The zero-order valence-electron chi connectivity index (χ0n) is 8.53. The number of hydrogen-bond donors (Lipinski definition) is 2. The van der Waals surface area contributed by atoms with Crippen LogP contribution in [0.2, 0.25) is 0 Å². The first-order valence-corrected chi connectivity index (χ1v) is 6.15. The van der Waals surface area contributed by atoms with Crippen LogP contribution in [-0.4, -0.2) is 53.3 Å². The van der Waals surface area contributed by atoms with Gasteiger partial charge in [-0.3, -0.25) is 10.1 Å². The molecular formula is C9H18N2O2S. The number of rotatable bonds is 5. The lowest BCUT2D eigenvalue weighted by molar-refractivity contribution is -0.132. The molecule has 1 saturated heterocycles. The highest BCUT2D eigenvalue weighted by Crippen LogP contribution is 2.11. The van der Waals surface area contributed by atoms with E-state index in [2.05, 4.69) is 5.32 Å². The second kappa shape index (κ2) is 6.27. The smallest absolute Gasteiger partial charge is 0.240 e. The van der Waals surface area contributed by atoms with Crippen molar-refractivity contribution >= 4 is 17.7 Å². The summed E-state index contributed by atoms with van der Waals surface area (Å²) < 4.78 is 0. The van der Waals surface area contributed by atoms with E-state index in [9.17, 15) is 4.79 Å². The third kappa shape index (κ3) is 3.15. The van der Waals surface area contributed by atoms with Crippen molar-refractivity contribution in [2.24, 2.45) is 0 Å². The fourth-order valence-electron chi connectivity index (χ4n) is 1.46. The van der Waals surface area contributed by atoms with Crippen LogP contribution in [0.1, 0.15) is 13.3 Å². The van der Waals surface area contributed by atoms with Crippen LogP contribution in [0.5, 0.6) is 0 Å². The van der Waals surface area contributed by atoms with E-state index < -0.39 is 0 Å². The summed E-state index contributed by atoms with van der Waals surface area (Å²) in [4.78, 5) is 13.7. The van der Waals surface area contributed by atoms with Crippen LogP contribution in [0.4, 0.5) is 0 Å². The molecule has 1 fully saturated rings. The summed E-state index contributed by atoms with van der Waals surface area (Å²) in [5, 5.41) is 11.9. The Morgan fingerprint density at radius 2 is 2.50 bits per heavy atom. The monoisotopic (exact) mass is 218 g/mol. The fourth-order valence-corrected chi connectivity index (χ4v) is 2.39. The van der Waals surface area contributed by atoms with Crippen molar-refractivity contribution in [1.29, 1.82) is 0 Å². The SMILES string of the molecule is CCN(CCCO)C(=O)C1CSCN1. The molecule has 0 aromatic heterocycles. The molecular weight excluding hydrogens is 200 g/mol. The summed E-state index contributed by atoms with van der Waals surface area (Å²) in [6, 6.07) is -0.0151. The van der Waals surface area contributed by atoms with Gasteiger partial charge in [0.25, 0.3) is 0 Å². The Labute approximate surface area is 89.0 Å². The predicted molar refractivity (Wildman–Crippen MR) is 58.2 cm³/mol. The molecule has 14 heavy (non-hydrogen) atoms. The maximum Gasteiger partial charge on any atom is 0.240 e. The highest BCUT2D eigenvalue weighted by molar-refractivity contribution is 7.99. The molecule has 4 nitrogen and oxygen atoms in total. The summed E-state index contributed by atoms with van der Waals surface area (Å²) >= 11 is 1.75. The number of nitrogens with one attached hydrogen (secondary N) is 1. The largest absolute Gasteiger partial charge is 0.396 e. The topological polar surface area (TPSA) is 52.6 Å². The van der Waals surface area contributed by atoms with E-state index in [1.807, 2.05) is 6.92 Å². The number of likely N-dealkylation sites (N-methyl/N-ethyl adjacent to an activating group) is 1. The van der Waals surface area contributed by atoms with Gasteiger partial charge in [0.1, 0.15) is 0 Å². The molecule has 0 aromatic rings. The predicted octanol–water partition coefficient (Wildman–Crippen LogP) is -0.120. The van der Waals surface area contributed by atoms with Crippen molar-refractivity contribution in [3.05, 3.63) is 0 Å². The zero-order valence-corrected chi connectivity index (χ0v) is 9.35. The van der Waals surface area contributed by atoms with Crippen LogP contribution in [-0.2, 0) is 4.79 Å². The van der Waals surface area contributed by atoms with Gasteiger partial charge in [0, 0.05) is 31.3 Å². The summed E-state index contributed by atoms with van der Waals surface area (Å²) in [6.45, 7) is 3.50. The minimum absolute atomic E-state index is 0.0151. The van der Waals surface area contributed by atoms with E-state index in [1.165, 1.54) is 0 Å². The Hall–Kier alpha value is -0.260. The second-order valence-corrected chi connectivity index (χ2v) is 4.30. The molecule has 0 spiro atoms. The van der Waals surface area contributed by atoms with Gasteiger partial charge in [0.2, 0.25) is 5.91 Å². The molecule has 1 rings (SSSR count). The number of nitrogens with zero attached hydrogens (tertiary/aromatic N) is 1. The molecule has 1 aliphatic rings. The van der Waals surface area contributed by atoms with Crippen molar-refractivity contribution in [2.75, 3.05) is 31.3 Å². The number of amides is 1. The van der Waals surface area contributed by atoms with E-state index in [1.54, 1.807) is 16.7 Å². The minimum Gasteiger partial charge on any atom is -0.396 e. The van der Waals surface area contributed by atoms with Crippen LogP contribution in [0, 0.1) is 0 Å². The highest BCUT2D eigenvalue weighted by atomic mass is 32.2. The van der Waals surface area contributed by atoms with Crippen LogP contribution in [0.3, 0.4) is 0 Å². The number of carbonyl (C=O) groups is 1. The second-order valence-electron chi connectivity index (χ2n) is 3.27. The lowest BCUT2D eigenvalue weighted by atomic mass is 10.2. The Kier molecular flexibility index (Phi) is 5.29. The van der Waals surface area contributed by atoms with Gasteiger partial charge in [0.05, 0.1) is 6.04 Å². The third-order valence-electron chi connectivity index (χ3n) is 2.29. The van der Waals surface area contributed by atoms with Gasteiger partial charge in [-0.1, -0.05) is 0 Å². The molecule has 0 aliphatic carbocycles. The number of aliphatic hydroxyl groups is 1. The summed E-state index contributed by atoms with van der Waals surface area (Å²) in [5.74, 6) is 1.91. The molecule has 82 valence electrons. The molecule has 0 radical (unpaired) electrons. The van der Waals surface area contributed by atoms with E-state index in [0.717, 1.165) is 18.2 Å². The first-order chi connectivity index (χ1) is 6.79. The van der Waals surface area contributed by atoms with E-state index in [4.69, 9.17) is 5.11 Å². The molecule has 5 heteroatoms. The summed E-state index contributed by atoms with van der Waals surface area (Å²) in [5.41, 5.74) is 0. The van der Waals surface area contributed by atoms with Gasteiger partial charge in [-0.15, -0.1) is 11.8 Å². The average molecular weight is 218 g/mol. The standard InChI is InChI=1S/C9H18N2O2S/c1-2-11(4-3-5-12)9(13)8-6-14-7-10-8/h8,10,12H,2-7H2,1H3. The van der Waals surface area contributed by atoms with Gasteiger partial charge in [-0.25, -0.2) is 0 Å². The maximum absolute atomic E-state index is 11.9. The van der Waals surface area contributed by atoms with Gasteiger partial charge in [-0.2, -0.15) is 0 Å². The first kappa shape index (κ1) is 11.8. The van der Waals surface area contributed by atoms with Crippen LogP contribution in [0.25, 0.3) is 0 Å². The molecule has 0 bridgehead atoms. The lowest BCUT2D eigenvalue weighted by Crippen LogP contribution is -2.45. The molecule has 1 heterocycles. The maximum atomic E-state index is 11.9. The van der Waals surface area contributed by atoms with E-state index in [-0.39, 0.29) is 18.6 Å². The molecule has 1 aliphatic heterocycles. The Morgan fingerprint density at radius 3 is 3.00 bits per heavy atom. The number of carbonyl (C=O) groups excluding carboxylic acids is 1. The Bertz CT molecular complexity index is 184. The molecule has 1 atom stereocenters. The molecule has 1 unspecified atom stereocenters. The summed E-state index contributed by atoms with van der Waals surface area (Å²) in [7, 11) is 0. The molecule has 1 amide bonds. The fraction of sp³-hybridized carbons (Fsp3) is 0.889. The van der Waals surface area contributed by atoms with Crippen molar-refractivity contribution in [3.8, 4) is 0 Å². The zero-order chi connectivity index (χ0) is 10.4. The Balaban J connectivity index is 2.37. The summed E-state index contributed by atoms with van der Waals surface area (Å²) in [6.07, 6.45) is 0.666. The molecule has 2 N–H and O–H groups in total.